The zero-order valence-electron chi connectivity index (χ0n) is 8.50. The molecule has 0 saturated carbocycles. The minimum absolute atomic E-state index is 0.0384. The molecule has 0 rings (SSSR count). The van der Waals surface area contributed by atoms with Crippen LogP contribution in [0.5, 0.6) is 0 Å². The number of hydrogen-bond donors (Lipinski definition) is 0. The predicted molar refractivity (Wildman–Crippen MR) is 56.6 cm³/mol. The Labute approximate surface area is 78.6 Å². The first-order valence-electron chi connectivity index (χ1n) is 4.00. The molecule has 0 aromatic carbocycles. The Kier molecular flexibility index (Phi) is 3.93. The van der Waals surface area contributed by atoms with Gasteiger partial charge in [0.1, 0.15) is 0 Å². The fourth-order valence-corrected chi connectivity index (χ4v) is 4.38. The number of hydrogen-bond acceptors (Lipinski definition) is 0. The van der Waals surface area contributed by atoms with Gasteiger partial charge < -0.3 is 0 Å². The zero-order valence-corrected chi connectivity index (χ0v) is 11.6. The Morgan fingerprint density at radius 2 is 1.55 bits per heavy atom. The van der Waals surface area contributed by atoms with Crippen molar-refractivity contribution >= 4 is 23.5 Å². The van der Waals surface area contributed by atoms with E-state index in [1.165, 1.54) is 0 Å². The standard InChI is InChI=1S/C9H18GeSi/c1-9(2,3)10-7-8-11(4,5)6/h1-6H3. The molecular weight excluding hydrogens is 209 g/mol. The van der Waals surface area contributed by atoms with Crippen molar-refractivity contribution in [3.63, 3.8) is 0 Å². The molecule has 0 aliphatic rings. The van der Waals surface area contributed by atoms with E-state index in [-0.39, 0.29) is 15.4 Å². The van der Waals surface area contributed by atoms with Gasteiger partial charge in [-0.15, -0.1) is 0 Å². The van der Waals surface area contributed by atoms with Crippen LogP contribution >= 0.6 is 0 Å². The Morgan fingerprint density at radius 1 is 1.09 bits per heavy atom. The third-order valence-corrected chi connectivity index (χ3v) is 4.37. The van der Waals surface area contributed by atoms with E-state index in [0.717, 1.165) is 0 Å². The van der Waals surface area contributed by atoms with Crippen molar-refractivity contribution in [3.05, 3.63) is 0 Å². The van der Waals surface area contributed by atoms with Crippen molar-refractivity contribution in [1.29, 1.82) is 0 Å². The Morgan fingerprint density at radius 3 is 1.82 bits per heavy atom. The predicted octanol–water partition coefficient (Wildman–Crippen LogP) is 2.75. The summed E-state index contributed by atoms with van der Waals surface area (Å²) >= 11 is -0.0384. The van der Waals surface area contributed by atoms with Crippen molar-refractivity contribution in [3.8, 4) is 10.3 Å². The SMILES string of the molecule is C[C](C)(C)[Ge][C]#C[Si](C)(C)C. The fraction of sp³-hybridized carbons (Fsp3) is 0.778. The maximum atomic E-state index is 3.42. The maximum absolute atomic E-state index is 3.42. The van der Waals surface area contributed by atoms with E-state index in [1.54, 1.807) is 0 Å². The summed E-state index contributed by atoms with van der Waals surface area (Å²) in [5.41, 5.74) is 3.42. The van der Waals surface area contributed by atoms with Gasteiger partial charge in [-0.1, -0.05) is 0 Å². The first kappa shape index (κ1) is 11.3. The van der Waals surface area contributed by atoms with Crippen LogP contribution in [-0.4, -0.2) is 23.5 Å². The molecule has 0 aromatic rings. The summed E-state index contributed by atoms with van der Waals surface area (Å²) in [6.45, 7) is 13.8. The van der Waals surface area contributed by atoms with Gasteiger partial charge in [0.05, 0.1) is 0 Å². The van der Waals surface area contributed by atoms with Crippen LogP contribution in [-0.2, 0) is 0 Å². The van der Waals surface area contributed by atoms with Crippen LogP contribution in [0, 0.1) is 10.3 Å². The summed E-state index contributed by atoms with van der Waals surface area (Å²) in [6.07, 6.45) is 0. The van der Waals surface area contributed by atoms with Gasteiger partial charge >= 0.3 is 78.5 Å². The third kappa shape index (κ3) is 10.3. The van der Waals surface area contributed by atoms with Gasteiger partial charge in [0.25, 0.3) is 0 Å². The molecule has 0 N–H and O–H groups in total. The summed E-state index contributed by atoms with van der Waals surface area (Å²) in [7, 11) is -1.09. The Bertz CT molecular complexity index is 172. The number of rotatable bonds is 0. The minimum atomic E-state index is -1.09. The van der Waals surface area contributed by atoms with Gasteiger partial charge in [-0.2, -0.15) is 0 Å². The normalized spacial score (nSPS) is 12.2. The molecule has 0 nitrogen and oxygen atoms in total. The molecule has 0 aromatic heterocycles. The molecule has 0 aliphatic carbocycles. The molecule has 0 unspecified atom stereocenters. The van der Waals surface area contributed by atoms with Gasteiger partial charge in [0.15, 0.2) is 0 Å². The second-order valence-corrected chi connectivity index (χ2v) is 13.8. The topological polar surface area (TPSA) is 0 Å². The van der Waals surface area contributed by atoms with Crippen LogP contribution in [0.25, 0.3) is 0 Å². The van der Waals surface area contributed by atoms with Gasteiger partial charge in [0, 0.05) is 0 Å². The van der Waals surface area contributed by atoms with E-state index in [1.807, 2.05) is 0 Å². The summed E-state index contributed by atoms with van der Waals surface area (Å²) in [5.74, 6) is 0. The van der Waals surface area contributed by atoms with E-state index in [0.29, 0.717) is 4.25 Å². The summed E-state index contributed by atoms with van der Waals surface area (Å²) in [6, 6.07) is 0. The van der Waals surface area contributed by atoms with E-state index in [2.05, 4.69) is 50.7 Å². The fourth-order valence-electron chi connectivity index (χ4n) is 0.406. The van der Waals surface area contributed by atoms with Crippen molar-refractivity contribution < 1.29 is 0 Å². The summed E-state index contributed by atoms with van der Waals surface area (Å²) in [4.78, 5) is 0. The molecule has 2 radical (unpaired) electrons. The molecule has 0 aliphatic heterocycles. The van der Waals surface area contributed by atoms with Crippen LogP contribution in [0.15, 0.2) is 0 Å². The molecule has 62 valence electrons. The van der Waals surface area contributed by atoms with Gasteiger partial charge in [-0.25, -0.2) is 0 Å². The second kappa shape index (κ2) is 3.82. The van der Waals surface area contributed by atoms with Crippen molar-refractivity contribution in [1.82, 2.24) is 0 Å². The van der Waals surface area contributed by atoms with E-state index < -0.39 is 8.07 Å². The van der Waals surface area contributed by atoms with E-state index in [9.17, 15) is 0 Å². The Balaban J connectivity index is 3.94. The quantitative estimate of drug-likeness (QED) is 0.440. The molecule has 0 heterocycles. The van der Waals surface area contributed by atoms with Crippen LogP contribution in [0.2, 0.25) is 23.9 Å². The molecule has 0 atom stereocenters. The average molecular weight is 227 g/mol. The molecule has 0 saturated heterocycles. The van der Waals surface area contributed by atoms with Crippen molar-refractivity contribution in [2.75, 3.05) is 0 Å². The Hall–Kier alpha value is 0.320. The second-order valence-electron chi connectivity index (χ2n) is 4.88. The molecular formula is C9H18GeSi. The van der Waals surface area contributed by atoms with Gasteiger partial charge in [-0.3, -0.25) is 0 Å². The zero-order chi connectivity index (χ0) is 9.12. The average Bonchev–Trinajstić information content (AvgIpc) is 1.55. The monoisotopic (exact) mass is 228 g/mol. The molecule has 0 spiro atoms. The molecule has 0 bridgehead atoms. The molecule has 0 fully saturated rings. The van der Waals surface area contributed by atoms with Crippen LogP contribution < -0.4 is 0 Å². The van der Waals surface area contributed by atoms with Gasteiger partial charge in [0.2, 0.25) is 0 Å². The van der Waals surface area contributed by atoms with E-state index in [4.69, 9.17) is 0 Å². The van der Waals surface area contributed by atoms with Gasteiger partial charge in [-0.05, 0) is 0 Å². The van der Waals surface area contributed by atoms with Crippen LogP contribution in [0.4, 0.5) is 0 Å². The van der Waals surface area contributed by atoms with Crippen molar-refractivity contribution in [2.24, 2.45) is 0 Å². The summed E-state index contributed by atoms with van der Waals surface area (Å²) < 4.78 is 3.89. The third-order valence-electron chi connectivity index (χ3n) is 0.875. The van der Waals surface area contributed by atoms with Crippen LogP contribution in [0.3, 0.4) is 0 Å². The first-order chi connectivity index (χ1) is 4.71. The molecule has 0 amide bonds. The van der Waals surface area contributed by atoms with Crippen LogP contribution in [0.1, 0.15) is 20.8 Å². The van der Waals surface area contributed by atoms with Crippen molar-refractivity contribution in [2.45, 2.75) is 44.7 Å². The first-order valence-corrected chi connectivity index (χ1v) is 9.60. The summed E-state index contributed by atoms with van der Waals surface area (Å²) in [5, 5.41) is 0. The molecule has 2 heteroatoms. The van der Waals surface area contributed by atoms with E-state index >= 15 is 0 Å². The molecule has 11 heavy (non-hydrogen) atoms.